The van der Waals surface area contributed by atoms with E-state index in [2.05, 4.69) is 20.4 Å². The number of aliphatic hydroxyl groups excluding tert-OH is 3. The van der Waals surface area contributed by atoms with Crippen LogP contribution in [0, 0.1) is 17.3 Å². The third kappa shape index (κ3) is 1.43. The minimum Gasteiger partial charge on any atom is -0.392 e. The van der Waals surface area contributed by atoms with E-state index in [0.29, 0.717) is 11.5 Å². The fraction of sp³-hybridized carbons (Fsp3) is 0.867. The molecule has 3 rings (SSSR count). The summed E-state index contributed by atoms with van der Waals surface area (Å²) >= 11 is 0. The van der Waals surface area contributed by atoms with Gasteiger partial charge in [0, 0.05) is 5.41 Å². The van der Waals surface area contributed by atoms with Crippen LogP contribution < -0.4 is 0 Å². The molecule has 1 heterocycles. The predicted octanol–water partition coefficient (Wildman–Crippen LogP) is 0.850. The molecule has 3 N–H and O–H groups in total. The molecule has 0 bridgehead atoms. The highest BCUT2D eigenvalue weighted by Crippen LogP contribution is 2.66. The summed E-state index contributed by atoms with van der Waals surface area (Å²) in [5.41, 5.74) is -0.582. The number of rotatable bonds is 2. The zero-order valence-electron chi connectivity index (χ0n) is 11.7. The summed E-state index contributed by atoms with van der Waals surface area (Å²) < 4.78 is 5.87. The van der Waals surface area contributed by atoms with E-state index in [1.807, 2.05) is 0 Å². The quantitative estimate of drug-likeness (QED) is 0.513. The molecule has 19 heavy (non-hydrogen) atoms. The molecule has 0 aromatic carbocycles. The Balaban J connectivity index is 2.02. The van der Waals surface area contributed by atoms with Crippen molar-refractivity contribution in [2.45, 2.75) is 57.0 Å². The molecule has 2 saturated carbocycles. The molecule has 0 amide bonds. The van der Waals surface area contributed by atoms with E-state index in [9.17, 15) is 15.3 Å². The molecule has 1 aliphatic heterocycles. The Bertz CT molecular complexity index is 409. The third-order valence-corrected chi connectivity index (χ3v) is 6.14. The molecule has 4 heteroatoms. The molecule has 7 atom stereocenters. The van der Waals surface area contributed by atoms with E-state index in [4.69, 9.17) is 4.74 Å². The molecule has 3 aliphatic rings. The van der Waals surface area contributed by atoms with Crippen LogP contribution in [0.4, 0.5) is 0 Å². The van der Waals surface area contributed by atoms with Gasteiger partial charge in [0.25, 0.3) is 0 Å². The molecule has 4 nitrogen and oxygen atoms in total. The Morgan fingerprint density at radius 1 is 1.37 bits per heavy atom. The van der Waals surface area contributed by atoms with Gasteiger partial charge in [-0.2, -0.15) is 0 Å². The maximum Gasteiger partial charge on any atom is 0.146 e. The molecule has 7 unspecified atom stereocenters. The van der Waals surface area contributed by atoms with Gasteiger partial charge in [0.15, 0.2) is 0 Å². The minimum atomic E-state index is -0.972. The zero-order valence-corrected chi connectivity index (χ0v) is 11.7. The fourth-order valence-electron chi connectivity index (χ4n) is 4.67. The standard InChI is InChI=1S/C15H24O4/c1-8-5-4-6-10-11(17)12(18)15(9(2)7-16)13(19-15)14(8,10)3/h8,10-13,16-18H,2,4-7H2,1,3H3. The molecule has 1 saturated heterocycles. The third-order valence-electron chi connectivity index (χ3n) is 6.14. The van der Waals surface area contributed by atoms with Gasteiger partial charge < -0.3 is 20.1 Å². The maximum absolute atomic E-state index is 10.5. The summed E-state index contributed by atoms with van der Waals surface area (Å²) in [5, 5.41) is 30.3. The second kappa shape index (κ2) is 4.04. The fourth-order valence-corrected chi connectivity index (χ4v) is 4.67. The molecule has 2 aliphatic carbocycles. The summed E-state index contributed by atoms with van der Waals surface area (Å²) in [6, 6.07) is 0. The first kappa shape index (κ1) is 13.6. The Hall–Kier alpha value is -0.420. The van der Waals surface area contributed by atoms with Crippen LogP contribution >= 0.6 is 0 Å². The average Bonchev–Trinajstić information content (AvgIpc) is 3.16. The molecule has 0 radical (unpaired) electrons. The van der Waals surface area contributed by atoms with E-state index in [1.54, 1.807) is 0 Å². The van der Waals surface area contributed by atoms with Gasteiger partial charge in [0.2, 0.25) is 0 Å². The minimum absolute atomic E-state index is 0.0679. The Morgan fingerprint density at radius 3 is 2.68 bits per heavy atom. The Labute approximate surface area is 114 Å². The van der Waals surface area contributed by atoms with E-state index in [-0.39, 0.29) is 24.0 Å². The highest BCUT2D eigenvalue weighted by molar-refractivity contribution is 5.36. The largest absolute Gasteiger partial charge is 0.392 e. The van der Waals surface area contributed by atoms with E-state index in [1.165, 1.54) is 0 Å². The smallest absolute Gasteiger partial charge is 0.146 e. The van der Waals surface area contributed by atoms with Crippen LogP contribution in [0.3, 0.4) is 0 Å². The predicted molar refractivity (Wildman–Crippen MR) is 70.5 cm³/mol. The first-order valence-corrected chi connectivity index (χ1v) is 7.23. The second-order valence-electron chi connectivity index (χ2n) is 6.79. The number of hydrogen-bond acceptors (Lipinski definition) is 4. The lowest BCUT2D eigenvalue weighted by Gasteiger charge is -2.52. The van der Waals surface area contributed by atoms with Crippen LogP contribution in [-0.4, -0.2) is 45.8 Å². The Kier molecular flexibility index (Phi) is 2.88. The van der Waals surface area contributed by atoms with Crippen LogP contribution in [-0.2, 0) is 4.74 Å². The molecular formula is C15H24O4. The zero-order chi connectivity index (χ0) is 14.0. The SMILES string of the molecule is C=C(CO)C12OC1C1(C)C(C)CCCC1C(O)C2O. The Morgan fingerprint density at radius 2 is 2.05 bits per heavy atom. The van der Waals surface area contributed by atoms with E-state index < -0.39 is 17.8 Å². The first-order chi connectivity index (χ1) is 8.90. The molecule has 3 fully saturated rings. The first-order valence-electron chi connectivity index (χ1n) is 7.23. The molecule has 108 valence electrons. The van der Waals surface area contributed by atoms with E-state index in [0.717, 1.165) is 19.3 Å². The highest BCUT2D eigenvalue weighted by atomic mass is 16.6. The van der Waals surface area contributed by atoms with Crippen molar-refractivity contribution in [2.24, 2.45) is 17.3 Å². The van der Waals surface area contributed by atoms with Crippen molar-refractivity contribution >= 4 is 0 Å². The number of hydrogen-bond donors (Lipinski definition) is 3. The molecular weight excluding hydrogens is 244 g/mol. The number of epoxide rings is 1. The summed E-state index contributed by atoms with van der Waals surface area (Å²) in [5.74, 6) is 0.505. The van der Waals surface area contributed by atoms with Crippen molar-refractivity contribution < 1.29 is 20.1 Å². The van der Waals surface area contributed by atoms with Gasteiger partial charge in [-0.15, -0.1) is 0 Å². The highest BCUT2D eigenvalue weighted by Gasteiger charge is 2.77. The van der Waals surface area contributed by atoms with Gasteiger partial charge in [-0.05, 0) is 23.8 Å². The van der Waals surface area contributed by atoms with Crippen molar-refractivity contribution in [1.82, 2.24) is 0 Å². The van der Waals surface area contributed by atoms with Crippen molar-refractivity contribution in [3.63, 3.8) is 0 Å². The van der Waals surface area contributed by atoms with Crippen LogP contribution in [0.15, 0.2) is 12.2 Å². The van der Waals surface area contributed by atoms with Crippen LogP contribution in [0.5, 0.6) is 0 Å². The monoisotopic (exact) mass is 268 g/mol. The average molecular weight is 268 g/mol. The van der Waals surface area contributed by atoms with Gasteiger partial charge in [-0.25, -0.2) is 0 Å². The van der Waals surface area contributed by atoms with Crippen LogP contribution in [0.25, 0.3) is 0 Å². The van der Waals surface area contributed by atoms with Crippen molar-refractivity contribution in [3.05, 3.63) is 12.2 Å². The number of ether oxygens (including phenoxy) is 1. The summed E-state index contributed by atoms with van der Waals surface area (Å²) in [7, 11) is 0. The second-order valence-corrected chi connectivity index (χ2v) is 6.79. The summed E-state index contributed by atoms with van der Waals surface area (Å²) in [4.78, 5) is 0. The number of aliphatic hydroxyl groups is 3. The van der Waals surface area contributed by atoms with Gasteiger partial charge in [0.05, 0.1) is 12.7 Å². The number of fused-ring (bicyclic) bond motifs is 3. The summed E-state index contributed by atoms with van der Waals surface area (Å²) in [6.07, 6.45) is 1.25. The van der Waals surface area contributed by atoms with Gasteiger partial charge in [-0.3, -0.25) is 0 Å². The van der Waals surface area contributed by atoms with E-state index >= 15 is 0 Å². The van der Waals surface area contributed by atoms with Gasteiger partial charge in [0.1, 0.15) is 17.8 Å². The van der Waals surface area contributed by atoms with Crippen LogP contribution in [0.1, 0.15) is 33.1 Å². The van der Waals surface area contributed by atoms with Gasteiger partial charge >= 0.3 is 0 Å². The lowest BCUT2D eigenvalue weighted by Crippen LogP contribution is -2.61. The molecule has 0 spiro atoms. The molecule has 0 aromatic heterocycles. The summed E-state index contributed by atoms with van der Waals surface area (Å²) in [6.45, 7) is 7.99. The maximum atomic E-state index is 10.5. The lowest BCUT2D eigenvalue weighted by atomic mass is 9.52. The molecule has 0 aromatic rings. The van der Waals surface area contributed by atoms with Gasteiger partial charge in [-0.1, -0.05) is 33.3 Å². The van der Waals surface area contributed by atoms with Crippen molar-refractivity contribution in [2.75, 3.05) is 6.61 Å². The van der Waals surface area contributed by atoms with Crippen molar-refractivity contribution in [3.8, 4) is 0 Å². The topological polar surface area (TPSA) is 73.2 Å². The van der Waals surface area contributed by atoms with Crippen LogP contribution in [0.2, 0.25) is 0 Å². The van der Waals surface area contributed by atoms with Crippen molar-refractivity contribution in [1.29, 1.82) is 0 Å². The normalized spacial score (nSPS) is 56.2. The lowest BCUT2D eigenvalue weighted by molar-refractivity contribution is -0.126.